The third-order valence-corrected chi connectivity index (χ3v) is 6.43. The van der Waals surface area contributed by atoms with Crippen LogP contribution < -0.4 is 9.64 Å². The number of aromatic nitrogens is 1. The summed E-state index contributed by atoms with van der Waals surface area (Å²) < 4.78 is 5.96. The van der Waals surface area contributed by atoms with Gasteiger partial charge in [0.05, 0.1) is 11.6 Å². The minimum absolute atomic E-state index is 0.0371. The van der Waals surface area contributed by atoms with Crippen LogP contribution in [0.25, 0.3) is 5.76 Å². The predicted octanol–water partition coefficient (Wildman–Crippen LogP) is 5.90. The fourth-order valence-electron chi connectivity index (χ4n) is 4.59. The first kappa shape index (κ1) is 24.0. The fraction of sp³-hybridized carbons (Fsp3) is 0.129. The van der Waals surface area contributed by atoms with E-state index in [9.17, 15) is 14.7 Å². The van der Waals surface area contributed by atoms with Crippen LogP contribution in [-0.4, -0.2) is 21.8 Å². The Morgan fingerprint density at radius 1 is 0.919 bits per heavy atom. The number of anilines is 1. The lowest BCUT2D eigenvalue weighted by Crippen LogP contribution is -2.29. The number of rotatable bonds is 6. The van der Waals surface area contributed by atoms with Gasteiger partial charge in [-0.3, -0.25) is 19.5 Å². The summed E-state index contributed by atoms with van der Waals surface area (Å²) in [6.07, 6.45) is 3.21. The third-order valence-electron chi connectivity index (χ3n) is 6.43. The van der Waals surface area contributed by atoms with E-state index in [1.54, 1.807) is 48.8 Å². The van der Waals surface area contributed by atoms with Gasteiger partial charge < -0.3 is 9.84 Å². The van der Waals surface area contributed by atoms with E-state index in [1.807, 2.05) is 62.4 Å². The summed E-state index contributed by atoms with van der Waals surface area (Å²) >= 11 is 0. The van der Waals surface area contributed by atoms with Crippen molar-refractivity contribution in [2.24, 2.45) is 0 Å². The molecule has 2 heterocycles. The Morgan fingerprint density at radius 3 is 2.38 bits per heavy atom. The SMILES string of the molecule is Cc1cccc(N2C(=O)C(=O)/C(=C(\O)c3ccc(OCc4ccccc4)c(C)c3)C2c2ccncc2)c1. The summed E-state index contributed by atoms with van der Waals surface area (Å²) in [5.41, 5.74) is 4.53. The number of carbonyl (C=O) groups is 2. The molecule has 6 nitrogen and oxygen atoms in total. The van der Waals surface area contributed by atoms with E-state index in [0.29, 0.717) is 29.2 Å². The molecule has 1 fully saturated rings. The average Bonchev–Trinajstić information content (AvgIpc) is 3.18. The summed E-state index contributed by atoms with van der Waals surface area (Å²) in [4.78, 5) is 32.1. The molecule has 37 heavy (non-hydrogen) atoms. The lowest BCUT2D eigenvalue weighted by Gasteiger charge is -2.25. The molecule has 0 aliphatic carbocycles. The number of ketones is 1. The van der Waals surface area contributed by atoms with Gasteiger partial charge in [-0.15, -0.1) is 0 Å². The second-order valence-corrected chi connectivity index (χ2v) is 9.04. The van der Waals surface area contributed by atoms with Crippen LogP contribution in [0.5, 0.6) is 5.75 Å². The summed E-state index contributed by atoms with van der Waals surface area (Å²) in [5.74, 6) is -0.976. The van der Waals surface area contributed by atoms with Gasteiger partial charge in [0.25, 0.3) is 11.7 Å². The Labute approximate surface area is 215 Å². The zero-order valence-corrected chi connectivity index (χ0v) is 20.6. The third kappa shape index (κ3) is 4.74. The molecule has 1 atom stereocenters. The molecule has 6 heteroatoms. The number of benzene rings is 3. The summed E-state index contributed by atoms with van der Waals surface area (Å²) in [7, 11) is 0. The Balaban J connectivity index is 1.55. The molecule has 1 amide bonds. The monoisotopic (exact) mass is 490 g/mol. The number of pyridine rings is 1. The first-order valence-electron chi connectivity index (χ1n) is 12.0. The van der Waals surface area contributed by atoms with Gasteiger partial charge in [-0.2, -0.15) is 0 Å². The van der Waals surface area contributed by atoms with Gasteiger partial charge in [-0.25, -0.2) is 0 Å². The van der Waals surface area contributed by atoms with E-state index in [-0.39, 0.29) is 11.3 Å². The summed E-state index contributed by atoms with van der Waals surface area (Å²) in [6, 6.07) is 25.2. The molecule has 1 aliphatic heterocycles. The van der Waals surface area contributed by atoms with Crippen LogP contribution in [-0.2, 0) is 16.2 Å². The Morgan fingerprint density at radius 2 is 1.68 bits per heavy atom. The highest BCUT2D eigenvalue weighted by atomic mass is 16.5. The molecule has 0 saturated carbocycles. The van der Waals surface area contributed by atoms with E-state index in [1.165, 1.54) is 4.90 Å². The molecule has 5 rings (SSSR count). The Bertz CT molecular complexity index is 1500. The molecule has 1 saturated heterocycles. The van der Waals surface area contributed by atoms with Gasteiger partial charge in [0.15, 0.2) is 0 Å². The van der Waals surface area contributed by atoms with Crippen molar-refractivity contribution in [3.63, 3.8) is 0 Å². The second-order valence-electron chi connectivity index (χ2n) is 9.04. The number of Topliss-reactive ketones (excluding diaryl/α,β-unsaturated/α-hetero) is 1. The summed E-state index contributed by atoms with van der Waals surface area (Å²) in [6.45, 7) is 4.21. The van der Waals surface area contributed by atoms with Crippen molar-refractivity contribution in [1.29, 1.82) is 0 Å². The van der Waals surface area contributed by atoms with Crippen molar-refractivity contribution in [3.8, 4) is 5.75 Å². The molecule has 1 aliphatic rings. The number of carbonyl (C=O) groups excluding carboxylic acids is 2. The van der Waals surface area contributed by atoms with Crippen molar-refractivity contribution in [1.82, 2.24) is 4.98 Å². The van der Waals surface area contributed by atoms with Gasteiger partial charge >= 0.3 is 0 Å². The van der Waals surface area contributed by atoms with Crippen LogP contribution in [0.2, 0.25) is 0 Å². The maximum absolute atomic E-state index is 13.3. The first-order valence-corrected chi connectivity index (χ1v) is 12.0. The van der Waals surface area contributed by atoms with Crippen molar-refractivity contribution in [3.05, 3.63) is 131 Å². The van der Waals surface area contributed by atoms with Gasteiger partial charge in [0, 0.05) is 23.6 Å². The van der Waals surface area contributed by atoms with Crippen LogP contribution >= 0.6 is 0 Å². The van der Waals surface area contributed by atoms with Crippen molar-refractivity contribution in [2.45, 2.75) is 26.5 Å². The van der Waals surface area contributed by atoms with Crippen LogP contribution in [0.3, 0.4) is 0 Å². The van der Waals surface area contributed by atoms with Crippen LogP contribution in [0.15, 0.2) is 103 Å². The van der Waals surface area contributed by atoms with E-state index < -0.39 is 17.7 Å². The maximum Gasteiger partial charge on any atom is 0.300 e. The minimum Gasteiger partial charge on any atom is -0.507 e. The summed E-state index contributed by atoms with van der Waals surface area (Å²) in [5, 5.41) is 11.4. The first-order chi connectivity index (χ1) is 17.9. The number of aryl methyl sites for hydroxylation is 2. The number of amides is 1. The predicted molar refractivity (Wildman–Crippen MR) is 142 cm³/mol. The van der Waals surface area contributed by atoms with Gasteiger partial charge in [-0.1, -0.05) is 42.5 Å². The molecule has 3 aromatic carbocycles. The zero-order valence-electron chi connectivity index (χ0n) is 20.6. The molecule has 0 radical (unpaired) electrons. The molecular formula is C31H26N2O4. The lowest BCUT2D eigenvalue weighted by molar-refractivity contribution is -0.132. The minimum atomic E-state index is -0.792. The highest BCUT2D eigenvalue weighted by Crippen LogP contribution is 2.42. The van der Waals surface area contributed by atoms with E-state index >= 15 is 0 Å². The molecule has 0 bridgehead atoms. The lowest BCUT2D eigenvalue weighted by atomic mass is 9.95. The topological polar surface area (TPSA) is 79.7 Å². The number of aliphatic hydroxyl groups is 1. The number of hydrogen-bond donors (Lipinski definition) is 1. The van der Waals surface area contributed by atoms with Gasteiger partial charge in [-0.05, 0) is 78.6 Å². The Hall–Kier alpha value is -4.71. The number of nitrogens with zero attached hydrogens (tertiary/aromatic N) is 2. The number of ether oxygens (including phenoxy) is 1. The van der Waals surface area contributed by atoms with Gasteiger partial charge in [0.2, 0.25) is 0 Å². The van der Waals surface area contributed by atoms with E-state index in [2.05, 4.69) is 4.98 Å². The highest BCUT2D eigenvalue weighted by molar-refractivity contribution is 6.51. The average molecular weight is 491 g/mol. The van der Waals surface area contributed by atoms with Gasteiger partial charge in [0.1, 0.15) is 18.1 Å². The van der Waals surface area contributed by atoms with Crippen molar-refractivity contribution >= 4 is 23.1 Å². The fourth-order valence-corrected chi connectivity index (χ4v) is 4.59. The second kappa shape index (κ2) is 10.1. The standard InChI is InChI=1S/C31H26N2O4/c1-20-7-6-10-25(17-20)33-28(23-13-15-32-16-14-23)27(30(35)31(33)36)29(34)24-11-12-26(21(2)18-24)37-19-22-8-4-3-5-9-22/h3-18,28,34H,19H2,1-2H3/b29-27-. The number of aliphatic hydroxyl groups excluding tert-OH is 1. The molecule has 1 unspecified atom stereocenters. The van der Waals surface area contributed by atoms with Crippen molar-refractivity contribution < 1.29 is 19.4 Å². The molecule has 0 spiro atoms. The molecule has 4 aromatic rings. The normalized spacial score (nSPS) is 16.7. The Kier molecular flexibility index (Phi) is 6.56. The largest absolute Gasteiger partial charge is 0.507 e. The smallest absolute Gasteiger partial charge is 0.300 e. The molecule has 1 aromatic heterocycles. The number of hydrogen-bond acceptors (Lipinski definition) is 5. The van der Waals surface area contributed by atoms with Crippen molar-refractivity contribution in [2.75, 3.05) is 4.90 Å². The molecule has 184 valence electrons. The zero-order chi connectivity index (χ0) is 25.9. The molecule has 1 N–H and O–H groups in total. The highest BCUT2D eigenvalue weighted by Gasteiger charge is 2.47. The van der Waals surface area contributed by atoms with E-state index in [0.717, 1.165) is 16.7 Å². The van der Waals surface area contributed by atoms with E-state index in [4.69, 9.17) is 4.74 Å². The maximum atomic E-state index is 13.3. The van der Waals surface area contributed by atoms with Crippen LogP contribution in [0.4, 0.5) is 5.69 Å². The van der Waals surface area contributed by atoms with Crippen LogP contribution in [0, 0.1) is 13.8 Å². The van der Waals surface area contributed by atoms with Crippen LogP contribution in [0.1, 0.15) is 33.9 Å². The molecular weight excluding hydrogens is 464 g/mol. The quantitative estimate of drug-likeness (QED) is 0.207.